The minimum atomic E-state index is -0.123. The van der Waals surface area contributed by atoms with Crippen LogP contribution in [0.2, 0.25) is 0 Å². The maximum Gasteiger partial charge on any atom is 0.322 e. The third kappa shape index (κ3) is 3.78. The predicted octanol–water partition coefficient (Wildman–Crippen LogP) is 4.62. The van der Waals surface area contributed by atoms with Crippen LogP contribution in [0.4, 0.5) is 16.2 Å². The van der Waals surface area contributed by atoms with Gasteiger partial charge in [-0.1, -0.05) is 12.1 Å². The number of thiazole rings is 1. The number of amides is 3. The summed E-state index contributed by atoms with van der Waals surface area (Å²) >= 11 is 1.66. The molecule has 1 aromatic heterocycles. The molecule has 1 atom stereocenters. The molecule has 2 heterocycles. The Bertz CT molecular complexity index is 950. The Kier molecular flexibility index (Phi) is 4.77. The standard InChI is InChI=1S/C20H20N4O2S/c1-13(25)21-14-8-10-15(11-9-14)22-20(26)24-12-4-6-17(24)19-23-16-5-2-3-7-18(16)27-19/h2-3,5,7-11,17H,4,6,12H2,1H3,(H,21,25)(H,22,26). The van der Waals surface area contributed by atoms with E-state index in [0.29, 0.717) is 11.4 Å². The van der Waals surface area contributed by atoms with Crippen LogP contribution < -0.4 is 10.6 Å². The van der Waals surface area contributed by atoms with Gasteiger partial charge >= 0.3 is 6.03 Å². The van der Waals surface area contributed by atoms with Crippen LogP contribution in [0.1, 0.15) is 30.8 Å². The zero-order chi connectivity index (χ0) is 18.8. The highest BCUT2D eigenvalue weighted by Gasteiger charge is 2.32. The van der Waals surface area contributed by atoms with Gasteiger partial charge in [-0.2, -0.15) is 0 Å². The smallest absolute Gasteiger partial charge is 0.322 e. The number of rotatable bonds is 3. The molecule has 6 nitrogen and oxygen atoms in total. The van der Waals surface area contributed by atoms with Gasteiger partial charge < -0.3 is 15.5 Å². The number of carbonyl (C=O) groups is 2. The molecule has 1 fully saturated rings. The Labute approximate surface area is 161 Å². The fourth-order valence-corrected chi connectivity index (χ4v) is 4.45. The lowest BCUT2D eigenvalue weighted by Gasteiger charge is -2.23. The van der Waals surface area contributed by atoms with Crippen molar-refractivity contribution in [2.45, 2.75) is 25.8 Å². The Balaban J connectivity index is 1.48. The van der Waals surface area contributed by atoms with Crippen LogP contribution in [0.3, 0.4) is 0 Å². The van der Waals surface area contributed by atoms with Crippen molar-refractivity contribution in [1.29, 1.82) is 0 Å². The Morgan fingerprint density at radius 3 is 2.48 bits per heavy atom. The first-order chi connectivity index (χ1) is 13.1. The van der Waals surface area contributed by atoms with Crippen LogP contribution in [0, 0.1) is 0 Å². The molecule has 2 aromatic carbocycles. The van der Waals surface area contributed by atoms with Crippen molar-refractivity contribution in [3.63, 3.8) is 0 Å². The van der Waals surface area contributed by atoms with Gasteiger partial charge in [0.25, 0.3) is 0 Å². The van der Waals surface area contributed by atoms with Gasteiger partial charge in [0.15, 0.2) is 0 Å². The van der Waals surface area contributed by atoms with Crippen LogP contribution in [-0.2, 0) is 4.79 Å². The molecule has 3 amide bonds. The van der Waals surface area contributed by atoms with Crippen molar-refractivity contribution in [3.05, 3.63) is 53.5 Å². The molecule has 0 radical (unpaired) electrons. The first kappa shape index (κ1) is 17.5. The second-order valence-electron chi connectivity index (χ2n) is 6.56. The predicted molar refractivity (Wildman–Crippen MR) is 108 cm³/mol. The first-order valence-electron chi connectivity index (χ1n) is 8.91. The van der Waals surface area contributed by atoms with Crippen LogP contribution in [0.15, 0.2) is 48.5 Å². The van der Waals surface area contributed by atoms with Gasteiger partial charge in [-0.05, 0) is 49.2 Å². The van der Waals surface area contributed by atoms with Crippen LogP contribution >= 0.6 is 11.3 Å². The maximum absolute atomic E-state index is 12.8. The molecule has 7 heteroatoms. The Morgan fingerprint density at radius 2 is 1.78 bits per heavy atom. The topological polar surface area (TPSA) is 74.3 Å². The number of nitrogens with one attached hydrogen (secondary N) is 2. The Hall–Kier alpha value is -2.93. The van der Waals surface area contributed by atoms with Crippen molar-refractivity contribution in [2.24, 2.45) is 0 Å². The highest BCUT2D eigenvalue weighted by atomic mass is 32.1. The average Bonchev–Trinajstić information content (AvgIpc) is 3.29. The van der Waals surface area contributed by atoms with Gasteiger partial charge in [-0.3, -0.25) is 4.79 Å². The molecular weight excluding hydrogens is 360 g/mol. The molecule has 1 aliphatic rings. The zero-order valence-electron chi connectivity index (χ0n) is 14.9. The molecule has 0 saturated carbocycles. The molecule has 1 aliphatic heterocycles. The molecule has 0 bridgehead atoms. The van der Waals surface area contributed by atoms with Gasteiger partial charge in [0.2, 0.25) is 5.91 Å². The molecule has 0 spiro atoms. The average molecular weight is 380 g/mol. The lowest BCUT2D eigenvalue weighted by atomic mass is 10.2. The molecule has 2 N–H and O–H groups in total. The van der Waals surface area contributed by atoms with E-state index in [1.165, 1.54) is 6.92 Å². The fraction of sp³-hybridized carbons (Fsp3) is 0.250. The second-order valence-corrected chi connectivity index (χ2v) is 7.62. The highest BCUT2D eigenvalue weighted by molar-refractivity contribution is 7.18. The number of anilines is 2. The highest BCUT2D eigenvalue weighted by Crippen LogP contribution is 2.36. The van der Waals surface area contributed by atoms with Gasteiger partial charge in [0, 0.05) is 24.8 Å². The normalized spacial score (nSPS) is 16.5. The molecule has 3 aromatic rings. The summed E-state index contributed by atoms with van der Waals surface area (Å²) in [5.74, 6) is -0.123. The number of hydrogen-bond acceptors (Lipinski definition) is 4. The number of hydrogen-bond donors (Lipinski definition) is 2. The number of benzene rings is 2. The summed E-state index contributed by atoms with van der Waals surface area (Å²) < 4.78 is 1.15. The van der Waals surface area contributed by atoms with E-state index in [1.54, 1.807) is 35.6 Å². The summed E-state index contributed by atoms with van der Waals surface area (Å²) in [5, 5.41) is 6.65. The number of likely N-dealkylation sites (tertiary alicyclic amines) is 1. The number of para-hydroxylation sites is 1. The first-order valence-corrected chi connectivity index (χ1v) is 9.72. The molecule has 1 unspecified atom stereocenters. The summed E-state index contributed by atoms with van der Waals surface area (Å²) in [7, 11) is 0. The van der Waals surface area contributed by atoms with E-state index in [0.717, 1.165) is 34.6 Å². The number of nitrogens with zero attached hydrogens (tertiary/aromatic N) is 2. The van der Waals surface area contributed by atoms with Crippen LogP contribution in [0.5, 0.6) is 0 Å². The van der Waals surface area contributed by atoms with E-state index in [9.17, 15) is 9.59 Å². The summed E-state index contributed by atoms with van der Waals surface area (Å²) in [6.45, 7) is 2.18. The molecule has 138 valence electrons. The van der Waals surface area contributed by atoms with Gasteiger partial charge in [-0.15, -0.1) is 11.3 Å². The van der Waals surface area contributed by atoms with E-state index >= 15 is 0 Å². The summed E-state index contributed by atoms with van der Waals surface area (Å²) in [6.07, 6.45) is 1.89. The maximum atomic E-state index is 12.8. The van der Waals surface area contributed by atoms with Crippen LogP contribution in [-0.4, -0.2) is 28.4 Å². The third-order valence-corrected chi connectivity index (χ3v) is 5.70. The molecule has 4 rings (SSSR count). The van der Waals surface area contributed by atoms with Gasteiger partial charge in [0.1, 0.15) is 5.01 Å². The van der Waals surface area contributed by atoms with Crippen molar-refractivity contribution < 1.29 is 9.59 Å². The van der Waals surface area contributed by atoms with Gasteiger partial charge in [-0.25, -0.2) is 9.78 Å². The van der Waals surface area contributed by atoms with Crippen molar-refractivity contribution in [1.82, 2.24) is 9.88 Å². The van der Waals surface area contributed by atoms with Crippen molar-refractivity contribution in [3.8, 4) is 0 Å². The molecular formula is C20H20N4O2S. The molecule has 0 aliphatic carbocycles. The van der Waals surface area contributed by atoms with Crippen LogP contribution in [0.25, 0.3) is 10.2 Å². The number of carbonyl (C=O) groups excluding carboxylic acids is 2. The monoisotopic (exact) mass is 380 g/mol. The van der Waals surface area contributed by atoms with E-state index in [-0.39, 0.29) is 18.0 Å². The SMILES string of the molecule is CC(=O)Nc1ccc(NC(=O)N2CCCC2c2nc3ccccc3s2)cc1. The number of fused-ring (bicyclic) bond motifs is 1. The largest absolute Gasteiger partial charge is 0.326 e. The molecule has 1 saturated heterocycles. The second kappa shape index (κ2) is 7.36. The minimum absolute atomic E-state index is 0.0149. The summed E-state index contributed by atoms with van der Waals surface area (Å²) in [5.41, 5.74) is 2.39. The van der Waals surface area contributed by atoms with Crippen molar-refractivity contribution >= 4 is 44.9 Å². The van der Waals surface area contributed by atoms with Gasteiger partial charge in [0.05, 0.1) is 16.3 Å². The zero-order valence-corrected chi connectivity index (χ0v) is 15.8. The van der Waals surface area contributed by atoms with Crippen molar-refractivity contribution in [2.75, 3.05) is 17.2 Å². The fourth-order valence-electron chi connectivity index (χ4n) is 3.33. The minimum Gasteiger partial charge on any atom is -0.326 e. The number of aromatic nitrogens is 1. The summed E-state index contributed by atoms with van der Waals surface area (Å²) in [4.78, 5) is 30.5. The van der Waals surface area contributed by atoms with E-state index < -0.39 is 0 Å². The third-order valence-electron chi connectivity index (χ3n) is 4.57. The Morgan fingerprint density at radius 1 is 1.07 bits per heavy atom. The number of urea groups is 1. The summed E-state index contributed by atoms with van der Waals surface area (Å²) in [6, 6.07) is 15.1. The molecule has 27 heavy (non-hydrogen) atoms. The van der Waals surface area contributed by atoms with E-state index in [1.807, 2.05) is 23.1 Å². The van der Waals surface area contributed by atoms with E-state index in [4.69, 9.17) is 4.98 Å². The quantitative estimate of drug-likeness (QED) is 0.696. The lowest BCUT2D eigenvalue weighted by molar-refractivity contribution is -0.114. The lowest BCUT2D eigenvalue weighted by Crippen LogP contribution is -2.34. The van der Waals surface area contributed by atoms with E-state index in [2.05, 4.69) is 16.7 Å².